The lowest BCUT2D eigenvalue weighted by Crippen LogP contribution is -2.18. The minimum atomic E-state index is 1.02. The Morgan fingerprint density at radius 1 is 0.727 bits per heavy atom. The average Bonchev–Trinajstić information content (AvgIpc) is 2.28. The normalized spacial score (nSPS) is 39.3. The Balaban J connectivity index is 1.93. The molecule has 11 heavy (non-hydrogen) atoms. The second-order valence-electron chi connectivity index (χ2n) is 3.99. The second kappa shape index (κ2) is 3.57. The SMILES string of the molecule is C1CCC2CCOCCC2C1. The zero-order chi connectivity index (χ0) is 7.52. The maximum absolute atomic E-state index is 5.49. The monoisotopic (exact) mass is 154 g/mol. The summed E-state index contributed by atoms with van der Waals surface area (Å²) in [6.07, 6.45) is 8.58. The van der Waals surface area contributed by atoms with Gasteiger partial charge in [-0.1, -0.05) is 25.7 Å². The zero-order valence-corrected chi connectivity index (χ0v) is 7.22. The van der Waals surface area contributed by atoms with Gasteiger partial charge in [0.2, 0.25) is 0 Å². The van der Waals surface area contributed by atoms with Crippen LogP contribution in [0.3, 0.4) is 0 Å². The molecule has 0 aromatic heterocycles. The third kappa shape index (κ3) is 1.76. The van der Waals surface area contributed by atoms with Crippen molar-refractivity contribution in [1.29, 1.82) is 0 Å². The van der Waals surface area contributed by atoms with E-state index in [2.05, 4.69) is 0 Å². The van der Waals surface area contributed by atoms with Crippen molar-refractivity contribution >= 4 is 0 Å². The number of hydrogen-bond donors (Lipinski definition) is 0. The molecule has 0 radical (unpaired) electrons. The lowest BCUT2D eigenvalue weighted by molar-refractivity contribution is 0.140. The molecule has 2 fully saturated rings. The Morgan fingerprint density at radius 2 is 1.27 bits per heavy atom. The van der Waals surface area contributed by atoms with Crippen LogP contribution in [-0.2, 0) is 4.74 Å². The molecule has 1 saturated carbocycles. The van der Waals surface area contributed by atoms with Crippen LogP contribution in [0.25, 0.3) is 0 Å². The molecule has 1 aliphatic carbocycles. The summed E-state index contributed by atoms with van der Waals surface area (Å²) in [7, 11) is 0. The Morgan fingerprint density at radius 3 is 1.82 bits per heavy atom. The quantitative estimate of drug-likeness (QED) is 0.521. The molecule has 1 aliphatic heterocycles. The molecule has 2 aliphatic rings. The average molecular weight is 154 g/mol. The molecule has 0 bridgehead atoms. The Bertz CT molecular complexity index is 108. The van der Waals surface area contributed by atoms with E-state index < -0.39 is 0 Å². The van der Waals surface area contributed by atoms with Crippen LogP contribution in [0.4, 0.5) is 0 Å². The Kier molecular flexibility index (Phi) is 2.47. The number of rotatable bonds is 0. The minimum Gasteiger partial charge on any atom is -0.381 e. The van der Waals surface area contributed by atoms with Crippen molar-refractivity contribution in [3.8, 4) is 0 Å². The van der Waals surface area contributed by atoms with E-state index in [0.29, 0.717) is 0 Å². The third-order valence-corrected chi connectivity index (χ3v) is 3.33. The zero-order valence-electron chi connectivity index (χ0n) is 7.22. The summed E-state index contributed by atoms with van der Waals surface area (Å²) in [5, 5.41) is 0. The van der Waals surface area contributed by atoms with E-state index in [4.69, 9.17) is 4.74 Å². The first-order valence-corrected chi connectivity index (χ1v) is 5.04. The van der Waals surface area contributed by atoms with E-state index in [-0.39, 0.29) is 0 Å². The summed E-state index contributed by atoms with van der Waals surface area (Å²) in [4.78, 5) is 0. The van der Waals surface area contributed by atoms with Gasteiger partial charge in [-0.3, -0.25) is 0 Å². The van der Waals surface area contributed by atoms with E-state index in [1.165, 1.54) is 38.5 Å². The predicted molar refractivity (Wildman–Crippen MR) is 45.5 cm³/mol. The highest BCUT2D eigenvalue weighted by Crippen LogP contribution is 2.35. The van der Waals surface area contributed by atoms with Crippen LogP contribution in [0.15, 0.2) is 0 Å². The highest BCUT2D eigenvalue weighted by Gasteiger charge is 2.26. The third-order valence-electron chi connectivity index (χ3n) is 3.33. The molecule has 0 spiro atoms. The van der Waals surface area contributed by atoms with Gasteiger partial charge < -0.3 is 4.74 Å². The van der Waals surface area contributed by atoms with Gasteiger partial charge in [0.15, 0.2) is 0 Å². The van der Waals surface area contributed by atoms with Crippen LogP contribution >= 0.6 is 0 Å². The molecule has 0 amide bonds. The number of hydrogen-bond acceptors (Lipinski definition) is 1. The van der Waals surface area contributed by atoms with Gasteiger partial charge >= 0.3 is 0 Å². The fraction of sp³-hybridized carbons (Fsp3) is 1.00. The van der Waals surface area contributed by atoms with Gasteiger partial charge in [0.05, 0.1) is 0 Å². The van der Waals surface area contributed by atoms with Crippen LogP contribution in [0.2, 0.25) is 0 Å². The largest absolute Gasteiger partial charge is 0.381 e. The minimum absolute atomic E-state index is 1.02. The smallest absolute Gasteiger partial charge is 0.0468 e. The van der Waals surface area contributed by atoms with Gasteiger partial charge in [-0.2, -0.15) is 0 Å². The van der Waals surface area contributed by atoms with Crippen LogP contribution in [0, 0.1) is 11.8 Å². The van der Waals surface area contributed by atoms with Gasteiger partial charge in [0.1, 0.15) is 0 Å². The summed E-state index contributed by atoms with van der Waals surface area (Å²) in [6, 6.07) is 0. The Labute approximate surface area is 69.1 Å². The van der Waals surface area contributed by atoms with Gasteiger partial charge in [-0.05, 0) is 24.7 Å². The maximum Gasteiger partial charge on any atom is 0.0468 e. The summed E-state index contributed by atoms with van der Waals surface area (Å²) in [6.45, 7) is 2.06. The maximum atomic E-state index is 5.49. The molecule has 2 unspecified atom stereocenters. The van der Waals surface area contributed by atoms with Crippen molar-refractivity contribution in [2.45, 2.75) is 38.5 Å². The van der Waals surface area contributed by atoms with E-state index in [9.17, 15) is 0 Å². The van der Waals surface area contributed by atoms with Crippen LogP contribution in [-0.4, -0.2) is 13.2 Å². The van der Waals surface area contributed by atoms with Crippen molar-refractivity contribution in [3.63, 3.8) is 0 Å². The molecular weight excluding hydrogens is 136 g/mol. The van der Waals surface area contributed by atoms with Gasteiger partial charge in [0, 0.05) is 13.2 Å². The summed E-state index contributed by atoms with van der Waals surface area (Å²) in [5.74, 6) is 2.04. The van der Waals surface area contributed by atoms with Gasteiger partial charge in [-0.25, -0.2) is 0 Å². The van der Waals surface area contributed by atoms with Crippen molar-refractivity contribution < 1.29 is 4.74 Å². The first-order valence-electron chi connectivity index (χ1n) is 5.04. The van der Waals surface area contributed by atoms with E-state index in [1.54, 1.807) is 0 Å². The fourth-order valence-electron chi connectivity index (χ4n) is 2.62. The predicted octanol–water partition coefficient (Wildman–Crippen LogP) is 2.60. The van der Waals surface area contributed by atoms with E-state index >= 15 is 0 Å². The van der Waals surface area contributed by atoms with E-state index in [0.717, 1.165) is 25.0 Å². The molecule has 1 saturated heterocycles. The second-order valence-corrected chi connectivity index (χ2v) is 3.99. The molecule has 0 N–H and O–H groups in total. The standard InChI is InChI=1S/C10H18O/c1-2-4-10-6-8-11-7-5-9(10)3-1/h9-10H,1-8H2. The van der Waals surface area contributed by atoms with Crippen molar-refractivity contribution in [3.05, 3.63) is 0 Å². The molecule has 1 heterocycles. The fourth-order valence-corrected chi connectivity index (χ4v) is 2.62. The van der Waals surface area contributed by atoms with Gasteiger partial charge in [0.25, 0.3) is 0 Å². The van der Waals surface area contributed by atoms with Gasteiger partial charge in [-0.15, -0.1) is 0 Å². The molecule has 1 heteroatoms. The summed E-state index contributed by atoms with van der Waals surface area (Å²) in [5.41, 5.74) is 0. The highest BCUT2D eigenvalue weighted by atomic mass is 16.5. The number of fused-ring (bicyclic) bond motifs is 1. The van der Waals surface area contributed by atoms with Crippen LogP contribution < -0.4 is 0 Å². The van der Waals surface area contributed by atoms with Crippen molar-refractivity contribution in [1.82, 2.24) is 0 Å². The van der Waals surface area contributed by atoms with Crippen LogP contribution in [0.1, 0.15) is 38.5 Å². The molecule has 2 rings (SSSR count). The number of ether oxygens (including phenoxy) is 1. The molecule has 64 valence electrons. The molecule has 1 nitrogen and oxygen atoms in total. The van der Waals surface area contributed by atoms with Crippen LogP contribution in [0.5, 0.6) is 0 Å². The highest BCUT2D eigenvalue weighted by molar-refractivity contribution is 4.76. The Hall–Kier alpha value is -0.0400. The van der Waals surface area contributed by atoms with E-state index in [1.807, 2.05) is 0 Å². The first-order chi connectivity index (χ1) is 5.47. The lowest BCUT2D eigenvalue weighted by atomic mass is 9.77. The topological polar surface area (TPSA) is 9.23 Å². The summed E-state index contributed by atoms with van der Waals surface area (Å²) >= 11 is 0. The molecule has 2 atom stereocenters. The first kappa shape index (κ1) is 7.60. The van der Waals surface area contributed by atoms with Crippen molar-refractivity contribution in [2.75, 3.05) is 13.2 Å². The molecule has 0 aromatic carbocycles. The molecular formula is C10H18O. The lowest BCUT2D eigenvalue weighted by Gasteiger charge is -2.28. The summed E-state index contributed by atoms with van der Waals surface area (Å²) < 4.78 is 5.49. The van der Waals surface area contributed by atoms with Crippen molar-refractivity contribution in [2.24, 2.45) is 11.8 Å². The molecule has 0 aromatic rings.